The van der Waals surface area contributed by atoms with Gasteiger partial charge in [-0.3, -0.25) is 0 Å². The minimum Gasteiger partial charge on any atom is -0.387 e. The summed E-state index contributed by atoms with van der Waals surface area (Å²) in [6.07, 6.45) is 2.22. The van der Waals surface area contributed by atoms with Crippen LogP contribution >= 0.6 is 11.8 Å². The number of aliphatic hydroxyl groups is 1. The molecule has 0 aliphatic carbocycles. The molecule has 1 atom stereocenters. The summed E-state index contributed by atoms with van der Waals surface area (Å²) in [7, 11) is -3.25. The number of rotatable bonds is 5. The highest BCUT2D eigenvalue weighted by Gasteiger charge is 2.09. The van der Waals surface area contributed by atoms with E-state index >= 15 is 0 Å². The molecule has 0 fully saturated rings. The number of sulfonamides is 1. The van der Waals surface area contributed by atoms with Gasteiger partial charge in [-0.2, -0.15) is 0 Å². The molecule has 0 radical (unpaired) electrons. The second-order valence-corrected chi connectivity index (χ2v) is 6.12. The summed E-state index contributed by atoms with van der Waals surface area (Å²) in [6, 6.07) is 7.37. The fourth-order valence-electron chi connectivity index (χ4n) is 1.17. The van der Waals surface area contributed by atoms with Crippen LogP contribution in [-0.4, -0.2) is 32.6 Å². The van der Waals surface area contributed by atoms with E-state index in [0.29, 0.717) is 5.56 Å². The molecule has 16 heavy (non-hydrogen) atoms. The predicted molar refractivity (Wildman–Crippen MR) is 66.0 cm³/mol. The molecule has 0 aliphatic heterocycles. The first-order chi connectivity index (χ1) is 7.42. The number of hydrogen-bond acceptors (Lipinski definition) is 4. The van der Waals surface area contributed by atoms with E-state index in [9.17, 15) is 13.5 Å². The van der Waals surface area contributed by atoms with Crippen LogP contribution < -0.4 is 4.72 Å². The molecule has 0 spiro atoms. The zero-order valence-corrected chi connectivity index (χ0v) is 10.8. The first kappa shape index (κ1) is 13.5. The molecule has 0 saturated carbocycles. The summed E-state index contributed by atoms with van der Waals surface area (Å²) in [6.45, 7) is -0.00253. The highest BCUT2D eigenvalue weighted by molar-refractivity contribution is 7.98. The molecule has 4 nitrogen and oxygen atoms in total. The van der Waals surface area contributed by atoms with E-state index in [-0.39, 0.29) is 6.54 Å². The van der Waals surface area contributed by atoms with Gasteiger partial charge in [0.25, 0.3) is 0 Å². The van der Waals surface area contributed by atoms with Crippen LogP contribution in [0.25, 0.3) is 0 Å². The van der Waals surface area contributed by atoms with Crippen molar-refractivity contribution < 1.29 is 13.5 Å². The van der Waals surface area contributed by atoms with Crippen molar-refractivity contribution in [3.05, 3.63) is 29.8 Å². The number of aliphatic hydroxyl groups excluding tert-OH is 1. The summed E-state index contributed by atoms with van der Waals surface area (Å²) in [5.74, 6) is 0. The predicted octanol–water partition coefficient (Wildman–Crippen LogP) is 0.991. The van der Waals surface area contributed by atoms with Crippen molar-refractivity contribution in [2.75, 3.05) is 19.1 Å². The van der Waals surface area contributed by atoms with E-state index in [1.54, 1.807) is 23.9 Å². The smallest absolute Gasteiger partial charge is 0.208 e. The zero-order chi connectivity index (χ0) is 12.2. The van der Waals surface area contributed by atoms with Gasteiger partial charge >= 0.3 is 0 Å². The topological polar surface area (TPSA) is 66.4 Å². The molecule has 1 rings (SSSR count). The second kappa shape index (κ2) is 5.67. The molecule has 2 N–H and O–H groups in total. The molecular weight excluding hydrogens is 246 g/mol. The van der Waals surface area contributed by atoms with Crippen LogP contribution in [-0.2, 0) is 10.0 Å². The molecule has 0 aliphatic rings. The van der Waals surface area contributed by atoms with Gasteiger partial charge < -0.3 is 5.11 Å². The van der Waals surface area contributed by atoms with Crippen LogP contribution in [0.15, 0.2) is 29.2 Å². The molecular formula is C10H15NO3S2. The Bertz CT molecular complexity index is 428. The average Bonchev–Trinajstić information content (AvgIpc) is 2.25. The lowest BCUT2D eigenvalue weighted by Crippen LogP contribution is -2.27. The average molecular weight is 261 g/mol. The van der Waals surface area contributed by atoms with Gasteiger partial charge in [0.05, 0.1) is 12.4 Å². The molecule has 0 saturated heterocycles. The molecule has 0 bridgehead atoms. The highest BCUT2D eigenvalue weighted by Crippen LogP contribution is 2.18. The summed E-state index contributed by atoms with van der Waals surface area (Å²) >= 11 is 1.61. The van der Waals surface area contributed by atoms with Crippen LogP contribution in [0.2, 0.25) is 0 Å². The number of thioether (sulfide) groups is 1. The van der Waals surface area contributed by atoms with Crippen LogP contribution in [0.5, 0.6) is 0 Å². The van der Waals surface area contributed by atoms with Crippen LogP contribution in [0.4, 0.5) is 0 Å². The molecule has 90 valence electrons. The summed E-state index contributed by atoms with van der Waals surface area (Å²) in [5, 5.41) is 9.71. The van der Waals surface area contributed by atoms with Gasteiger partial charge in [-0.05, 0) is 24.0 Å². The zero-order valence-electron chi connectivity index (χ0n) is 9.17. The van der Waals surface area contributed by atoms with Crippen molar-refractivity contribution in [2.24, 2.45) is 0 Å². The Labute approximate surface area is 100 Å². The van der Waals surface area contributed by atoms with Crippen molar-refractivity contribution in [1.29, 1.82) is 0 Å². The van der Waals surface area contributed by atoms with Crippen LogP contribution in [0, 0.1) is 0 Å². The molecule has 0 aromatic heterocycles. The molecule has 0 amide bonds. The Kier molecular flexibility index (Phi) is 4.79. The Balaban J connectivity index is 2.62. The SMILES string of the molecule is CSc1ccc([C@H](O)CNS(C)(=O)=O)cc1. The van der Waals surface area contributed by atoms with Gasteiger partial charge in [-0.15, -0.1) is 11.8 Å². The molecule has 6 heteroatoms. The number of benzene rings is 1. The van der Waals surface area contributed by atoms with Gasteiger partial charge in [0.15, 0.2) is 0 Å². The van der Waals surface area contributed by atoms with Gasteiger partial charge in [0.2, 0.25) is 10.0 Å². The van der Waals surface area contributed by atoms with Crippen LogP contribution in [0.3, 0.4) is 0 Å². The molecule has 0 unspecified atom stereocenters. The van der Waals surface area contributed by atoms with Crippen molar-refractivity contribution in [3.63, 3.8) is 0 Å². The molecule has 1 aromatic rings. The van der Waals surface area contributed by atoms with E-state index in [1.165, 1.54) is 0 Å². The lowest BCUT2D eigenvalue weighted by Gasteiger charge is -2.11. The normalized spacial score (nSPS) is 13.7. The second-order valence-electron chi connectivity index (χ2n) is 3.41. The van der Waals surface area contributed by atoms with E-state index in [0.717, 1.165) is 11.2 Å². The minimum atomic E-state index is -3.25. The first-order valence-electron chi connectivity index (χ1n) is 4.69. The Hall–Kier alpha value is -0.560. The van der Waals surface area contributed by atoms with Crippen molar-refractivity contribution in [1.82, 2.24) is 4.72 Å². The van der Waals surface area contributed by atoms with Gasteiger partial charge in [0, 0.05) is 11.4 Å². The molecule has 1 aromatic carbocycles. The van der Waals surface area contributed by atoms with E-state index in [2.05, 4.69) is 4.72 Å². The maximum absolute atomic E-state index is 10.8. The maximum Gasteiger partial charge on any atom is 0.208 e. The highest BCUT2D eigenvalue weighted by atomic mass is 32.2. The Morgan fingerprint density at radius 3 is 2.38 bits per heavy atom. The van der Waals surface area contributed by atoms with E-state index in [4.69, 9.17) is 0 Å². The number of hydrogen-bond donors (Lipinski definition) is 2. The lowest BCUT2D eigenvalue weighted by molar-refractivity contribution is 0.182. The van der Waals surface area contributed by atoms with Gasteiger partial charge in [-0.1, -0.05) is 12.1 Å². The lowest BCUT2D eigenvalue weighted by atomic mass is 10.1. The Morgan fingerprint density at radius 1 is 1.38 bits per heavy atom. The fraction of sp³-hybridized carbons (Fsp3) is 0.400. The molecule has 0 heterocycles. The van der Waals surface area contributed by atoms with E-state index in [1.807, 2.05) is 18.4 Å². The van der Waals surface area contributed by atoms with Gasteiger partial charge in [0.1, 0.15) is 0 Å². The summed E-state index contributed by atoms with van der Waals surface area (Å²) < 4.78 is 23.9. The monoisotopic (exact) mass is 261 g/mol. The third-order valence-corrected chi connectivity index (χ3v) is 3.47. The standard InChI is InChI=1S/C10H15NO3S2/c1-15-9-5-3-8(4-6-9)10(12)7-11-16(2,13)14/h3-6,10-12H,7H2,1-2H3/t10-/m1/s1. The van der Waals surface area contributed by atoms with Crippen molar-refractivity contribution in [2.45, 2.75) is 11.0 Å². The quantitative estimate of drug-likeness (QED) is 0.776. The first-order valence-corrected chi connectivity index (χ1v) is 7.80. The van der Waals surface area contributed by atoms with Crippen molar-refractivity contribution in [3.8, 4) is 0 Å². The van der Waals surface area contributed by atoms with E-state index < -0.39 is 16.1 Å². The van der Waals surface area contributed by atoms with Crippen molar-refractivity contribution >= 4 is 21.8 Å². The fourth-order valence-corrected chi connectivity index (χ4v) is 2.04. The summed E-state index contributed by atoms with van der Waals surface area (Å²) in [4.78, 5) is 1.10. The largest absolute Gasteiger partial charge is 0.387 e. The van der Waals surface area contributed by atoms with Crippen LogP contribution in [0.1, 0.15) is 11.7 Å². The summed E-state index contributed by atoms with van der Waals surface area (Å²) in [5.41, 5.74) is 0.703. The minimum absolute atomic E-state index is 0.00253. The third kappa shape index (κ3) is 4.52. The maximum atomic E-state index is 10.8. The Morgan fingerprint density at radius 2 is 1.94 bits per heavy atom. The third-order valence-electron chi connectivity index (χ3n) is 2.04. The number of nitrogens with one attached hydrogen (secondary N) is 1. The van der Waals surface area contributed by atoms with Gasteiger partial charge in [-0.25, -0.2) is 13.1 Å².